The molecular weight excluding hydrogens is 719 g/mol. The monoisotopic (exact) mass is 814 g/mol. The summed E-state index contributed by atoms with van der Waals surface area (Å²) in [7, 11) is 0. The first-order valence-corrected chi connectivity index (χ1v) is 24.9. The molecule has 3 N–H and O–H groups in total. The number of aliphatic hydroxyl groups is 2. The van der Waals surface area contributed by atoms with Crippen LogP contribution in [-0.2, 0) is 14.3 Å². The van der Waals surface area contributed by atoms with Gasteiger partial charge in [0, 0.05) is 6.42 Å². The summed E-state index contributed by atoms with van der Waals surface area (Å²) in [5.41, 5.74) is 0. The Labute approximate surface area is 359 Å². The molecule has 0 aromatic heterocycles. The quantitative estimate of drug-likeness (QED) is 0.0323. The van der Waals surface area contributed by atoms with Crippen LogP contribution < -0.4 is 5.32 Å². The van der Waals surface area contributed by atoms with Crippen molar-refractivity contribution < 1.29 is 24.5 Å². The van der Waals surface area contributed by atoms with Gasteiger partial charge in [-0.05, 0) is 38.5 Å². The second-order valence-corrected chi connectivity index (χ2v) is 16.9. The van der Waals surface area contributed by atoms with Gasteiger partial charge in [-0.2, -0.15) is 0 Å². The molecular formula is C52H95NO5. The van der Waals surface area contributed by atoms with Crippen molar-refractivity contribution in [1.29, 1.82) is 0 Å². The molecule has 0 spiro atoms. The highest BCUT2D eigenvalue weighted by atomic mass is 16.5. The maximum absolute atomic E-state index is 13.1. The third-order valence-electron chi connectivity index (χ3n) is 11.3. The van der Waals surface area contributed by atoms with E-state index in [-0.39, 0.29) is 24.9 Å². The molecule has 0 fully saturated rings. The number of esters is 1. The van der Waals surface area contributed by atoms with Crippen LogP contribution in [0.1, 0.15) is 245 Å². The van der Waals surface area contributed by atoms with Crippen molar-refractivity contribution in [2.75, 3.05) is 6.61 Å². The highest BCUT2D eigenvalue weighted by Crippen LogP contribution is 2.17. The lowest BCUT2D eigenvalue weighted by Crippen LogP contribution is -2.46. The number of allylic oxidation sites excluding steroid dienone is 8. The zero-order valence-corrected chi connectivity index (χ0v) is 38.4. The molecule has 0 aromatic rings. The molecule has 0 aliphatic rings. The Morgan fingerprint density at radius 3 is 1.38 bits per heavy atom. The summed E-state index contributed by atoms with van der Waals surface area (Å²) >= 11 is 0. The van der Waals surface area contributed by atoms with E-state index in [0.717, 1.165) is 57.8 Å². The van der Waals surface area contributed by atoms with Crippen LogP contribution in [0.3, 0.4) is 0 Å². The van der Waals surface area contributed by atoms with E-state index in [4.69, 9.17) is 4.74 Å². The molecule has 6 heteroatoms. The first kappa shape index (κ1) is 55.8. The molecule has 1 amide bonds. The summed E-state index contributed by atoms with van der Waals surface area (Å²) in [6.45, 7) is 6.32. The molecule has 0 saturated carbocycles. The Morgan fingerprint density at radius 1 is 0.517 bits per heavy atom. The average Bonchev–Trinajstić information content (AvgIpc) is 3.22. The highest BCUT2D eigenvalue weighted by Gasteiger charge is 2.24. The van der Waals surface area contributed by atoms with Crippen molar-refractivity contribution in [1.82, 2.24) is 5.32 Å². The van der Waals surface area contributed by atoms with Crippen molar-refractivity contribution in [3.63, 3.8) is 0 Å². The predicted octanol–water partition coefficient (Wildman–Crippen LogP) is 14.7. The van der Waals surface area contributed by atoms with Crippen molar-refractivity contribution in [2.45, 2.75) is 264 Å². The fraction of sp³-hybridized carbons (Fsp3) is 0.808. The van der Waals surface area contributed by atoms with Gasteiger partial charge in [-0.3, -0.25) is 9.59 Å². The summed E-state index contributed by atoms with van der Waals surface area (Å²) in [5.74, 6) is -0.536. The van der Waals surface area contributed by atoms with Crippen molar-refractivity contribution in [3.8, 4) is 0 Å². The van der Waals surface area contributed by atoms with Gasteiger partial charge in [0.2, 0.25) is 5.91 Å². The molecule has 0 aromatic carbocycles. The van der Waals surface area contributed by atoms with E-state index >= 15 is 0 Å². The normalized spacial score (nSPS) is 13.7. The van der Waals surface area contributed by atoms with E-state index in [9.17, 15) is 19.8 Å². The van der Waals surface area contributed by atoms with Crippen LogP contribution in [0.4, 0.5) is 0 Å². The molecule has 6 nitrogen and oxygen atoms in total. The Balaban J connectivity index is 4.58. The first-order valence-electron chi connectivity index (χ1n) is 24.9. The van der Waals surface area contributed by atoms with Gasteiger partial charge >= 0.3 is 5.97 Å². The zero-order valence-electron chi connectivity index (χ0n) is 38.4. The fourth-order valence-electron chi connectivity index (χ4n) is 7.51. The largest absolute Gasteiger partial charge is 0.462 e. The third-order valence-corrected chi connectivity index (χ3v) is 11.3. The van der Waals surface area contributed by atoms with E-state index < -0.39 is 18.2 Å². The molecule has 3 atom stereocenters. The van der Waals surface area contributed by atoms with Crippen molar-refractivity contribution >= 4 is 11.9 Å². The third kappa shape index (κ3) is 40.6. The van der Waals surface area contributed by atoms with Gasteiger partial charge in [-0.1, -0.05) is 243 Å². The average molecular weight is 814 g/mol. The summed E-state index contributed by atoms with van der Waals surface area (Å²) < 4.78 is 5.88. The van der Waals surface area contributed by atoms with E-state index in [1.807, 2.05) is 36.5 Å². The van der Waals surface area contributed by atoms with Crippen molar-refractivity contribution in [2.24, 2.45) is 0 Å². The standard InChI is InChI=1S/C52H95NO5/c1-4-7-10-13-16-19-22-24-25-26-27-30-33-36-39-42-45-52(57)58-48(43-40-37-34-31-28-21-18-15-12-9-6-3)46-51(56)53-49(47-54)50(55)44-41-38-35-32-29-23-20-17-14-11-8-5-2/h9,12,15,18,21,28,31,34,48-50,54-55H,4-8,10-11,13-14,16-17,19-20,22-27,29-30,32-33,35-47H2,1-3H3,(H,53,56)/b12-9+,18-15+,28-21-,34-31-. The van der Waals surface area contributed by atoms with Gasteiger partial charge in [-0.25, -0.2) is 0 Å². The molecule has 58 heavy (non-hydrogen) atoms. The van der Waals surface area contributed by atoms with Gasteiger partial charge in [0.1, 0.15) is 6.10 Å². The minimum Gasteiger partial charge on any atom is -0.462 e. The van der Waals surface area contributed by atoms with Crippen LogP contribution in [0.2, 0.25) is 0 Å². The maximum atomic E-state index is 13.1. The van der Waals surface area contributed by atoms with Crippen LogP contribution in [0.5, 0.6) is 0 Å². The smallest absolute Gasteiger partial charge is 0.306 e. The van der Waals surface area contributed by atoms with Gasteiger partial charge in [-0.15, -0.1) is 0 Å². The minimum atomic E-state index is -0.802. The van der Waals surface area contributed by atoms with Gasteiger partial charge < -0.3 is 20.3 Å². The van der Waals surface area contributed by atoms with Crippen molar-refractivity contribution in [3.05, 3.63) is 48.6 Å². The lowest BCUT2D eigenvalue weighted by Gasteiger charge is -2.24. The van der Waals surface area contributed by atoms with Crippen LogP contribution in [0, 0.1) is 0 Å². The second-order valence-electron chi connectivity index (χ2n) is 16.9. The number of carbonyl (C=O) groups is 2. The Bertz CT molecular complexity index is 1000. The minimum absolute atomic E-state index is 0.0339. The van der Waals surface area contributed by atoms with Crippen LogP contribution in [0.15, 0.2) is 48.6 Å². The molecule has 0 bridgehead atoms. The lowest BCUT2D eigenvalue weighted by atomic mass is 10.0. The number of nitrogens with one attached hydrogen (secondary N) is 1. The maximum Gasteiger partial charge on any atom is 0.306 e. The van der Waals surface area contributed by atoms with Gasteiger partial charge in [0.05, 0.1) is 25.2 Å². The topological polar surface area (TPSA) is 95.9 Å². The summed E-state index contributed by atoms with van der Waals surface area (Å²) in [6.07, 6.45) is 54.7. The van der Waals surface area contributed by atoms with Gasteiger partial charge in [0.15, 0.2) is 0 Å². The molecule has 0 heterocycles. The van der Waals surface area contributed by atoms with E-state index in [1.165, 1.54) is 141 Å². The SMILES string of the molecule is CC/C=C/C=C/C=C\C=C/CCCC(CC(=O)NC(CO)C(O)CCCCCCCCCCCCCC)OC(=O)CCCCCCCCCCCCCCCCCC. The number of hydrogen-bond donors (Lipinski definition) is 3. The number of amides is 1. The zero-order chi connectivity index (χ0) is 42.4. The predicted molar refractivity (Wildman–Crippen MR) is 250 cm³/mol. The molecule has 338 valence electrons. The number of hydrogen-bond acceptors (Lipinski definition) is 5. The molecule has 0 radical (unpaired) electrons. The molecule has 0 saturated heterocycles. The molecule has 3 unspecified atom stereocenters. The Hall–Kier alpha value is -2.18. The number of aliphatic hydroxyl groups excluding tert-OH is 2. The van der Waals surface area contributed by atoms with E-state index in [0.29, 0.717) is 19.3 Å². The number of ether oxygens (including phenoxy) is 1. The Kier molecular flexibility index (Phi) is 44.2. The summed E-state index contributed by atoms with van der Waals surface area (Å²) in [4.78, 5) is 26.0. The Morgan fingerprint density at radius 2 is 0.931 bits per heavy atom. The molecule has 0 aliphatic heterocycles. The fourth-order valence-corrected chi connectivity index (χ4v) is 7.51. The second kappa shape index (κ2) is 45.9. The highest BCUT2D eigenvalue weighted by molar-refractivity contribution is 5.77. The van der Waals surface area contributed by atoms with E-state index in [2.05, 4.69) is 38.2 Å². The lowest BCUT2D eigenvalue weighted by molar-refractivity contribution is -0.151. The summed E-state index contributed by atoms with van der Waals surface area (Å²) in [6, 6.07) is -0.720. The first-order chi connectivity index (χ1) is 28.5. The van der Waals surface area contributed by atoms with Gasteiger partial charge in [0.25, 0.3) is 0 Å². The van der Waals surface area contributed by atoms with Crippen LogP contribution >= 0.6 is 0 Å². The van der Waals surface area contributed by atoms with Crippen LogP contribution in [0.25, 0.3) is 0 Å². The number of unbranched alkanes of at least 4 members (excludes halogenated alkanes) is 27. The number of rotatable bonds is 44. The molecule has 0 aliphatic carbocycles. The van der Waals surface area contributed by atoms with E-state index in [1.54, 1.807) is 0 Å². The summed E-state index contributed by atoms with van der Waals surface area (Å²) in [5, 5.41) is 23.7. The molecule has 0 rings (SSSR count). The van der Waals surface area contributed by atoms with Crippen LogP contribution in [-0.4, -0.2) is 46.9 Å². The number of carbonyl (C=O) groups excluding carboxylic acids is 2.